The van der Waals surface area contributed by atoms with Gasteiger partial charge in [-0.05, 0) is 35.6 Å². The van der Waals surface area contributed by atoms with Gasteiger partial charge in [0.25, 0.3) is 0 Å². The highest BCUT2D eigenvalue weighted by Gasteiger charge is 2.27. The number of thiophene rings is 1. The predicted octanol–water partition coefficient (Wildman–Crippen LogP) is 1.53. The van der Waals surface area contributed by atoms with Gasteiger partial charge in [-0.3, -0.25) is 0 Å². The molecule has 0 aromatic carbocycles. The fraction of sp³-hybridized carbons (Fsp3) is 0.250. The maximum absolute atomic E-state index is 12.2. The van der Waals surface area contributed by atoms with E-state index in [1.807, 2.05) is 17.5 Å². The SMILES string of the molecule is CC(C)OC(=O)c1nnn(-c2nonc2N)c1-c1cccs1. The number of carbonyl (C=O) groups excluding carboxylic acids is 1. The normalized spacial score (nSPS) is 11.0. The molecule has 9 nitrogen and oxygen atoms in total. The van der Waals surface area contributed by atoms with E-state index in [9.17, 15) is 4.79 Å². The van der Waals surface area contributed by atoms with Crippen molar-refractivity contribution in [1.29, 1.82) is 0 Å². The molecular formula is C12H12N6O3S. The lowest BCUT2D eigenvalue weighted by atomic mass is 10.2. The van der Waals surface area contributed by atoms with Crippen LogP contribution in [0.4, 0.5) is 5.82 Å². The molecule has 0 amide bonds. The van der Waals surface area contributed by atoms with Crippen molar-refractivity contribution in [3.05, 3.63) is 23.2 Å². The van der Waals surface area contributed by atoms with Crippen LogP contribution in [0.15, 0.2) is 22.1 Å². The van der Waals surface area contributed by atoms with Crippen LogP contribution in [0.3, 0.4) is 0 Å². The summed E-state index contributed by atoms with van der Waals surface area (Å²) in [5.74, 6) is -0.356. The third kappa shape index (κ3) is 2.44. The Labute approximate surface area is 128 Å². The van der Waals surface area contributed by atoms with Gasteiger partial charge in [-0.15, -0.1) is 16.4 Å². The van der Waals surface area contributed by atoms with Crippen LogP contribution in [-0.2, 0) is 4.74 Å². The Morgan fingerprint density at radius 2 is 2.27 bits per heavy atom. The van der Waals surface area contributed by atoms with Crippen LogP contribution in [0.25, 0.3) is 16.4 Å². The lowest BCUT2D eigenvalue weighted by Gasteiger charge is -2.07. The van der Waals surface area contributed by atoms with E-state index < -0.39 is 5.97 Å². The highest BCUT2D eigenvalue weighted by molar-refractivity contribution is 7.13. The molecule has 0 spiro atoms. The first kappa shape index (κ1) is 14.2. The summed E-state index contributed by atoms with van der Waals surface area (Å²) in [4.78, 5) is 13.0. The Balaban J connectivity index is 2.15. The molecule has 2 N–H and O–H groups in total. The molecule has 0 radical (unpaired) electrons. The first-order chi connectivity index (χ1) is 10.6. The fourth-order valence-corrected chi connectivity index (χ4v) is 2.57. The highest BCUT2D eigenvalue weighted by Crippen LogP contribution is 2.30. The van der Waals surface area contributed by atoms with Crippen molar-refractivity contribution < 1.29 is 14.2 Å². The second-order valence-corrected chi connectivity index (χ2v) is 5.55. The molecule has 3 rings (SSSR count). The zero-order chi connectivity index (χ0) is 15.7. The Bertz CT molecular complexity index is 792. The molecule has 10 heteroatoms. The number of carbonyl (C=O) groups is 1. The number of anilines is 1. The summed E-state index contributed by atoms with van der Waals surface area (Å²) in [6.07, 6.45) is -0.271. The Hall–Kier alpha value is -2.75. The van der Waals surface area contributed by atoms with Gasteiger partial charge in [0.05, 0.1) is 11.0 Å². The van der Waals surface area contributed by atoms with Crippen molar-refractivity contribution >= 4 is 23.1 Å². The van der Waals surface area contributed by atoms with Gasteiger partial charge in [-0.1, -0.05) is 11.3 Å². The molecule has 3 heterocycles. The summed E-state index contributed by atoms with van der Waals surface area (Å²) >= 11 is 1.42. The van der Waals surface area contributed by atoms with Crippen molar-refractivity contribution in [3.63, 3.8) is 0 Å². The first-order valence-corrected chi connectivity index (χ1v) is 7.25. The number of nitrogen functional groups attached to an aromatic ring is 1. The van der Waals surface area contributed by atoms with Crippen LogP contribution >= 0.6 is 11.3 Å². The van der Waals surface area contributed by atoms with Crippen LogP contribution < -0.4 is 5.73 Å². The molecule has 3 aromatic heterocycles. The summed E-state index contributed by atoms with van der Waals surface area (Å²) in [6, 6.07) is 3.68. The topological polar surface area (TPSA) is 122 Å². The minimum atomic E-state index is -0.570. The summed E-state index contributed by atoms with van der Waals surface area (Å²) < 4.78 is 11.1. The zero-order valence-electron chi connectivity index (χ0n) is 11.8. The van der Waals surface area contributed by atoms with E-state index in [1.165, 1.54) is 16.0 Å². The third-order valence-electron chi connectivity index (χ3n) is 2.66. The largest absolute Gasteiger partial charge is 0.458 e. The van der Waals surface area contributed by atoms with E-state index in [4.69, 9.17) is 10.5 Å². The van der Waals surface area contributed by atoms with Crippen LogP contribution in [0, 0.1) is 0 Å². The van der Waals surface area contributed by atoms with Gasteiger partial charge >= 0.3 is 5.97 Å². The lowest BCUT2D eigenvalue weighted by molar-refractivity contribution is 0.0372. The Kier molecular flexibility index (Phi) is 3.59. The van der Waals surface area contributed by atoms with E-state index in [2.05, 4.69) is 25.3 Å². The highest BCUT2D eigenvalue weighted by atomic mass is 32.1. The molecule has 3 aromatic rings. The minimum absolute atomic E-state index is 0.0477. The van der Waals surface area contributed by atoms with E-state index >= 15 is 0 Å². The first-order valence-electron chi connectivity index (χ1n) is 6.37. The van der Waals surface area contributed by atoms with E-state index in [0.29, 0.717) is 5.69 Å². The van der Waals surface area contributed by atoms with Crippen molar-refractivity contribution in [2.75, 3.05) is 5.73 Å². The zero-order valence-corrected chi connectivity index (χ0v) is 12.6. The molecule has 0 atom stereocenters. The molecular weight excluding hydrogens is 308 g/mol. The maximum atomic E-state index is 12.2. The van der Waals surface area contributed by atoms with Crippen LogP contribution in [0.5, 0.6) is 0 Å². The second kappa shape index (κ2) is 5.56. The van der Waals surface area contributed by atoms with Gasteiger partial charge < -0.3 is 10.5 Å². The van der Waals surface area contributed by atoms with E-state index in [-0.39, 0.29) is 23.4 Å². The summed E-state index contributed by atoms with van der Waals surface area (Å²) in [5.41, 5.74) is 6.21. The van der Waals surface area contributed by atoms with Crippen molar-refractivity contribution in [3.8, 4) is 16.4 Å². The van der Waals surface area contributed by atoms with Gasteiger partial charge in [-0.2, -0.15) is 4.68 Å². The van der Waals surface area contributed by atoms with Gasteiger partial charge in [0, 0.05) is 0 Å². The van der Waals surface area contributed by atoms with Crippen molar-refractivity contribution in [2.45, 2.75) is 20.0 Å². The number of ether oxygens (including phenoxy) is 1. The van der Waals surface area contributed by atoms with Crippen LogP contribution in [-0.4, -0.2) is 37.4 Å². The maximum Gasteiger partial charge on any atom is 0.361 e. The molecule has 0 unspecified atom stereocenters. The lowest BCUT2D eigenvalue weighted by Crippen LogP contribution is -2.13. The molecule has 0 aliphatic carbocycles. The van der Waals surface area contributed by atoms with Gasteiger partial charge in [0.15, 0.2) is 5.69 Å². The quantitative estimate of drug-likeness (QED) is 0.718. The number of hydrogen-bond acceptors (Lipinski definition) is 9. The summed E-state index contributed by atoms with van der Waals surface area (Å²) in [7, 11) is 0. The smallest absolute Gasteiger partial charge is 0.361 e. The summed E-state index contributed by atoms with van der Waals surface area (Å²) in [5, 5.41) is 16.9. The van der Waals surface area contributed by atoms with Gasteiger partial charge in [-0.25, -0.2) is 9.42 Å². The van der Waals surface area contributed by atoms with Gasteiger partial charge in [0.2, 0.25) is 11.6 Å². The number of nitrogens with zero attached hydrogens (tertiary/aromatic N) is 5. The monoisotopic (exact) mass is 320 g/mol. The summed E-state index contributed by atoms with van der Waals surface area (Å²) in [6.45, 7) is 3.51. The van der Waals surface area contributed by atoms with Gasteiger partial charge in [0.1, 0.15) is 5.69 Å². The number of rotatable bonds is 4. The van der Waals surface area contributed by atoms with E-state index in [1.54, 1.807) is 13.8 Å². The number of aromatic nitrogens is 5. The predicted molar refractivity (Wildman–Crippen MR) is 77.5 cm³/mol. The average Bonchev–Trinajstić information content (AvgIpc) is 3.16. The molecule has 0 aliphatic rings. The number of hydrogen-bond donors (Lipinski definition) is 1. The molecule has 0 fully saturated rings. The molecule has 114 valence electrons. The van der Waals surface area contributed by atoms with Crippen LogP contribution in [0.1, 0.15) is 24.3 Å². The second-order valence-electron chi connectivity index (χ2n) is 4.60. The van der Waals surface area contributed by atoms with Crippen molar-refractivity contribution in [1.82, 2.24) is 25.3 Å². The minimum Gasteiger partial charge on any atom is -0.458 e. The van der Waals surface area contributed by atoms with Crippen molar-refractivity contribution in [2.24, 2.45) is 0 Å². The molecule has 0 saturated heterocycles. The third-order valence-corrected chi connectivity index (χ3v) is 3.53. The molecule has 0 bridgehead atoms. The molecule has 0 saturated carbocycles. The van der Waals surface area contributed by atoms with Crippen LogP contribution in [0.2, 0.25) is 0 Å². The number of nitrogens with two attached hydrogens (primary N) is 1. The fourth-order valence-electron chi connectivity index (χ4n) is 1.81. The Morgan fingerprint density at radius 3 is 2.86 bits per heavy atom. The molecule has 22 heavy (non-hydrogen) atoms. The molecule has 0 aliphatic heterocycles. The average molecular weight is 320 g/mol. The Morgan fingerprint density at radius 1 is 1.45 bits per heavy atom. The number of esters is 1. The standard InChI is InChI=1S/C12H12N6O3S/c1-6(2)20-12(19)8-9(7-4-3-5-22-7)18(17-14-8)11-10(13)15-21-16-11/h3-6H,1-2H3,(H2,13,15). The van der Waals surface area contributed by atoms with E-state index in [0.717, 1.165) is 4.88 Å².